The fraction of sp³-hybridized carbons (Fsp3) is 0.333. The number of hydrogen-bond acceptors (Lipinski definition) is 4. The Kier molecular flexibility index (Phi) is 6.74. The van der Waals surface area contributed by atoms with Crippen LogP contribution in [0, 0.1) is 0 Å². The number of hydrogen-bond donors (Lipinski definition) is 0. The summed E-state index contributed by atoms with van der Waals surface area (Å²) in [6.45, 7) is 3.26. The van der Waals surface area contributed by atoms with Crippen molar-refractivity contribution in [2.24, 2.45) is 0 Å². The summed E-state index contributed by atoms with van der Waals surface area (Å²) in [5.41, 5.74) is 1.12. The minimum atomic E-state index is -0.229. The van der Waals surface area contributed by atoms with Gasteiger partial charge in [0.15, 0.2) is 17.8 Å². The Bertz CT molecular complexity index is 542. The standard InChI is InChI=1S/C18H22O4/c1-15(19-2)20-12-13-21-17-10-6-7-11-18(17)22-14-16-8-4-3-5-9-16/h3-11,15H,12-14H2,1-2H3. The third-order valence-electron chi connectivity index (χ3n) is 3.11. The summed E-state index contributed by atoms with van der Waals surface area (Å²) in [5, 5.41) is 0. The van der Waals surface area contributed by atoms with Gasteiger partial charge in [-0.05, 0) is 24.6 Å². The van der Waals surface area contributed by atoms with Crippen molar-refractivity contribution < 1.29 is 18.9 Å². The highest BCUT2D eigenvalue weighted by Gasteiger charge is 2.05. The summed E-state index contributed by atoms with van der Waals surface area (Å²) in [6.07, 6.45) is -0.229. The molecule has 2 aromatic rings. The second-order valence-corrected chi connectivity index (χ2v) is 4.74. The highest BCUT2D eigenvalue weighted by atomic mass is 16.7. The first kappa shape index (κ1) is 16.3. The van der Waals surface area contributed by atoms with Gasteiger partial charge < -0.3 is 18.9 Å². The van der Waals surface area contributed by atoms with E-state index in [2.05, 4.69) is 0 Å². The molecule has 1 unspecified atom stereocenters. The highest BCUT2D eigenvalue weighted by molar-refractivity contribution is 5.39. The molecule has 0 aliphatic rings. The molecule has 0 radical (unpaired) electrons. The fourth-order valence-corrected chi connectivity index (χ4v) is 1.86. The van der Waals surface area contributed by atoms with Crippen molar-refractivity contribution in [1.82, 2.24) is 0 Å². The molecule has 2 aromatic carbocycles. The van der Waals surface area contributed by atoms with E-state index >= 15 is 0 Å². The van der Waals surface area contributed by atoms with Gasteiger partial charge in [-0.2, -0.15) is 0 Å². The second-order valence-electron chi connectivity index (χ2n) is 4.74. The number of methoxy groups -OCH3 is 1. The first-order valence-corrected chi connectivity index (χ1v) is 7.32. The molecular weight excluding hydrogens is 280 g/mol. The van der Waals surface area contributed by atoms with Crippen molar-refractivity contribution in [1.29, 1.82) is 0 Å². The van der Waals surface area contributed by atoms with E-state index in [1.807, 2.05) is 61.5 Å². The fourth-order valence-electron chi connectivity index (χ4n) is 1.86. The summed E-state index contributed by atoms with van der Waals surface area (Å²) in [5.74, 6) is 1.44. The lowest BCUT2D eigenvalue weighted by atomic mass is 10.2. The molecule has 4 nitrogen and oxygen atoms in total. The number of benzene rings is 2. The van der Waals surface area contributed by atoms with Crippen LogP contribution in [0.5, 0.6) is 11.5 Å². The third-order valence-corrected chi connectivity index (χ3v) is 3.11. The number of para-hydroxylation sites is 2. The van der Waals surface area contributed by atoms with Crippen LogP contribution in [0.25, 0.3) is 0 Å². The molecule has 4 heteroatoms. The van der Waals surface area contributed by atoms with Crippen molar-refractivity contribution in [3.63, 3.8) is 0 Å². The molecule has 0 aliphatic heterocycles. The minimum absolute atomic E-state index is 0.229. The van der Waals surface area contributed by atoms with Gasteiger partial charge in [0, 0.05) is 7.11 Å². The normalized spacial score (nSPS) is 11.9. The van der Waals surface area contributed by atoms with Crippen LogP contribution in [0.4, 0.5) is 0 Å². The Morgan fingerprint density at radius 2 is 1.45 bits per heavy atom. The van der Waals surface area contributed by atoms with Crippen LogP contribution in [-0.4, -0.2) is 26.6 Å². The van der Waals surface area contributed by atoms with Gasteiger partial charge in [-0.1, -0.05) is 42.5 Å². The predicted octanol–water partition coefficient (Wildman–Crippen LogP) is 3.65. The number of ether oxygens (including phenoxy) is 4. The first-order valence-electron chi connectivity index (χ1n) is 7.32. The van der Waals surface area contributed by atoms with Crippen LogP contribution in [0.2, 0.25) is 0 Å². The van der Waals surface area contributed by atoms with Crippen LogP contribution in [-0.2, 0) is 16.1 Å². The average molecular weight is 302 g/mol. The zero-order valence-electron chi connectivity index (χ0n) is 13.0. The van der Waals surface area contributed by atoms with Crippen molar-refractivity contribution in [3.05, 3.63) is 60.2 Å². The Hall–Kier alpha value is -2.04. The molecule has 1 atom stereocenters. The quantitative estimate of drug-likeness (QED) is 0.523. The van der Waals surface area contributed by atoms with Crippen molar-refractivity contribution in [2.75, 3.05) is 20.3 Å². The second kappa shape index (κ2) is 9.07. The topological polar surface area (TPSA) is 36.9 Å². The SMILES string of the molecule is COC(C)OCCOc1ccccc1OCc1ccccc1. The summed E-state index contributed by atoms with van der Waals surface area (Å²) in [6, 6.07) is 17.7. The van der Waals surface area contributed by atoms with Gasteiger partial charge in [-0.25, -0.2) is 0 Å². The highest BCUT2D eigenvalue weighted by Crippen LogP contribution is 2.27. The van der Waals surface area contributed by atoms with Crippen molar-refractivity contribution in [3.8, 4) is 11.5 Å². The molecule has 0 saturated carbocycles. The van der Waals surface area contributed by atoms with Gasteiger partial charge in [-0.3, -0.25) is 0 Å². The zero-order chi connectivity index (χ0) is 15.6. The molecule has 0 heterocycles. The lowest BCUT2D eigenvalue weighted by Gasteiger charge is -2.14. The molecule has 118 valence electrons. The molecule has 0 amide bonds. The van der Waals surface area contributed by atoms with Gasteiger partial charge in [0.25, 0.3) is 0 Å². The maximum absolute atomic E-state index is 5.83. The Balaban J connectivity index is 1.84. The summed E-state index contributed by atoms with van der Waals surface area (Å²) < 4.78 is 22.0. The molecule has 0 spiro atoms. The smallest absolute Gasteiger partial charge is 0.161 e. The molecule has 0 N–H and O–H groups in total. The number of rotatable bonds is 9. The van der Waals surface area contributed by atoms with Gasteiger partial charge in [0.1, 0.15) is 13.2 Å². The molecule has 0 fully saturated rings. The maximum Gasteiger partial charge on any atom is 0.161 e. The largest absolute Gasteiger partial charge is 0.487 e. The van der Waals surface area contributed by atoms with Gasteiger partial charge in [-0.15, -0.1) is 0 Å². The van der Waals surface area contributed by atoms with Crippen LogP contribution in [0.3, 0.4) is 0 Å². The third kappa shape index (κ3) is 5.39. The lowest BCUT2D eigenvalue weighted by Crippen LogP contribution is -2.15. The molecule has 0 aliphatic carbocycles. The van der Waals surface area contributed by atoms with Crippen molar-refractivity contribution in [2.45, 2.75) is 19.8 Å². The minimum Gasteiger partial charge on any atom is -0.487 e. The molecule has 22 heavy (non-hydrogen) atoms. The zero-order valence-corrected chi connectivity index (χ0v) is 13.0. The average Bonchev–Trinajstić information content (AvgIpc) is 2.58. The summed E-state index contributed by atoms with van der Waals surface area (Å²) in [7, 11) is 1.61. The summed E-state index contributed by atoms with van der Waals surface area (Å²) in [4.78, 5) is 0. The molecule has 2 rings (SSSR count). The molecule has 0 bridgehead atoms. The Morgan fingerprint density at radius 3 is 2.14 bits per heavy atom. The summed E-state index contributed by atoms with van der Waals surface area (Å²) >= 11 is 0. The molecule has 0 aromatic heterocycles. The van der Waals surface area contributed by atoms with Crippen LogP contribution < -0.4 is 9.47 Å². The van der Waals surface area contributed by atoms with E-state index < -0.39 is 0 Å². The van der Waals surface area contributed by atoms with Crippen LogP contribution >= 0.6 is 0 Å². The molecular formula is C18H22O4. The van der Waals surface area contributed by atoms with E-state index in [-0.39, 0.29) is 6.29 Å². The first-order chi connectivity index (χ1) is 10.8. The van der Waals surface area contributed by atoms with Gasteiger partial charge >= 0.3 is 0 Å². The Morgan fingerprint density at radius 1 is 0.818 bits per heavy atom. The van der Waals surface area contributed by atoms with E-state index in [0.29, 0.717) is 25.6 Å². The van der Waals surface area contributed by atoms with E-state index in [1.54, 1.807) is 7.11 Å². The van der Waals surface area contributed by atoms with E-state index in [0.717, 1.165) is 11.3 Å². The van der Waals surface area contributed by atoms with Crippen LogP contribution in [0.15, 0.2) is 54.6 Å². The Labute approximate surface area is 131 Å². The lowest BCUT2D eigenvalue weighted by molar-refractivity contribution is -0.115. The van der Waals surface area contributed by atoms with Gasteiger partial charge in [0.2, 0.25) is 0 Å². The van der Waals surface area contributed by atoms with Gasteiger partial charge in [0.05, 0.1) is 6.61 Å². The predicted molar refractivity (Wildman–Crippen MR) is 85.1 cm³/mol. The maximum atomic E-state index is 5.83. The monoisotopic (exact) mass is 302 g/mol. The van der Waals surface area contributed by atoms with E-state index in [9.17, 15) is 0 Å². The molecule has 0 saturated heterocycles. The van der Waals surface area contributed by atoms with Crippen molar-refractivity contribution >= 4 is 0 Å². The van der Waals surface area contributed by atoms with E-state index in [1.165, 1.54) is 0 Å². The van der Waals surface area contributed by atoms with E-state index in [4.69, 9.17) is 18.9 Å². The van der Waals surface area contributed by atoms with Crippen LogP contribution in [0.1, 0.15) is 12.5 Å².